The summed E-state index contributed by atoms with van der Waals surface area (Å²) < 4.78 is 35.4. The molecule has 4 atom stereocenters. The Kier molecular flexibility index (Phi) is 9.23. The first-order chi connectivity index (χ1) is 21.0. The van der Waals surface area contributed by atoms with E-state index in [1.54, 1.807) is 14.2 Å². The van der Waals surface area contributed by atoms with Gasteiger partial charge in [0, 0.05) is 18.4 Å². The number of hydrogen-bond donors (Lipinski definition) is 0. The fourth-order valence-electron chi connectivity index (χ4n) is 8.14. The molecule has 0 N–H and O–H groups in total. The smallest absolute Gasteiger partial charge is 0.416 e. The number of ether oxygens (including phenoxy) is 5. The largest absolute Gasteiger partial charge is 0.493 e. The molecule has 3 aliphatic rings. The molecule has 1 fully saturated rings. The Morgan fingerprint density at radius 3 is 2.07 bits per heavy atom. The molecule has 9 nitrogen and oxygen atoms in total. The average molecular weight is 626 g/mol. The molecule has 1 saturated heterocycles. The van der Waals surface area contributed by atoms with Gasteiger partial charge in [0.15, 0.2) is 31.3 Å². The van der Waals surface area contributed by atoms with E-state index in [0.29, 0.717) is 46.2 Å². The van der Waals surface area contributed by atoms with Crippen LogP contribution in [0.4, 0.5) is 4.79 Å². The van der Waals surface area contributed by atoms with E-state index in [1.165, 1.54) is 4.90 Å². The van der Waals surface area contributed by atoms with E-state index in [0.717, 1.165) is 16.7 Å². The molecule has 0 spiro atoms. The van der Waals surface area contributed by atoms with Gasteiger partial charge < -0.3 is 28.1 Å². The van der Waals surface area contributed by atoms with Gasteiger partial charge in [-0.15, -0.1) is 0 Å². The molecule has 0 saturated carbocycles. The minimum atomic E-state index is -2.28. The lowest BCUT2D eigenvalue weighted by atomic mass is 9.62. The highest BCUT2D eigenvalue weighted by Gasteiger charge is 2.52. The third-order valence-corrected chi connectivity index (χ3v) is 16.3. The summed E-state index contributed by atoms with van der Waals surface area (Å²) in [6, 6.07) is 9.84. The maximum Gasteiger partial charge on any atom is 0.416 e. The predicted molar refractivity (Wildman–Crippen MR) is 169 cm³/mol. The molecule has 2 aromatic rings. The average Bonchev–Trinajstić information content (AvgIpc) is 3.64. The van der Waals surface area contributed by atoms with Crippen molar-refractivity contribution in [3.05, 3.63) is 47.0 Å². The van der Waals surface area contributed by atoms with Gasteiger partial charge >= 0.3 is 6.09 Å². The Hall–Kier alpha value is -3.24. The van der Waals surface area contributed by atoms with Gasteiger partial charge in [-0.2, -0.15) is 0 Å². The van der Waals surface area contributed by atoms with Crippen LogP contribution in [-0.2, 0) is 14.0 Å². The van der Waals surface area contributed by atoms with Gasteiger partial charge in [0.05, 0.1) is 26.7 Å². The molecule has 2 heterocycles. The number of benzene rings is 2. The number of imide groups is 1. The minimum Gasteiger partial charge on any atom is -0.493 e. The van der Waals surface area contributed by atoms with Crippen LogP contribution in [0.3, 0.4) is 0 Å². The van der Waals surface area contributed by atoms with Crippen LogP contribution in [0.15, 0.2) is 30.3 Å². The number of carbonyl (C=O) groups excluding carboxylic acids is 2. The zero-order valence-electron chi connectivity index (χ0n) is 27.5. The normalized spacial score (nSPS) is 22.9. The Morgan fingerprint density at radius 2 is 1.52 bits per heavy atom. The maximum absolute atomic E-state index is 14.7. The number of amides is 2. The number of hydrogen-bond acceptors (Lipinski definition) is 8. The molecule has 44 heavy (non-hydrogen) atoms. The SMILES string of the molecule is COc1ccc([C@@H]2c3cc4c(cc3[C@H](C)[C@@H](CO[Si](C(C)C)(C(C)C)C(C)C)[C@H]2C(=O)N2CCOC2=O)OCO4)cc1OC. The minimum absolute atomic E-state index is 0.0679. The van der Waals surface area contributed by atoms with E-state index in [2.05, 4.69) is 54.5 Å². The van der Waals surface area contributed by atoms with Gasteiger partial charge in [-0.25, -0.2) is 9.69 Å². The van der Waals surface area contributed by atoms with E-state index in [-0.39, 0.29) is 37.7 Å². The molecule has 10 heteroatoms. The van der Waals surface area contributed by atoms with Crippen molar-refractivity contribution in [2.75, 3.05) is 40.8 Å². The number of fused-ring (bicyclic) bond motifs is 2. The molecular weight excluding hydrogens is 578 g/mol. The van der Waals surface area contributed by atoms with Crippen molar-refractivity contribution in [1.82, 2.24) is 4.90 Å². The van der Waals surface area contributed by atoms with Crippen LogP contribution < -0.4 is 18.9 Å². The summed E-state index contributed by atoms with van der Waals surface area (Å²) in [4.78, 5) is 28.8. The number of carbonyl (C=O) groups is 2. The molecule has 0 bridgehead atoms. The van der Waals surface area contributed by atoms with Gasteiger partial charge in [0.25, 0.3) is 0 Å². The Labute approximate surface area is 262 Å². The number of nitrogens with zero attached hydrogens (tertiary/aromatic N) is 1. The first kappa shape index (κ1) is 32.2. The van der Waals surface area contributed by atoms with E-state index in [1.807, 2.05) is 24.3 Å². The maximum atomic E-state index is 14.7. The summed E-state index contributed by atoms with van der Waals surface area (Å²) in [5.41, 5.74) is 4.08. The number of methoxy groups -OCH3 is 2. The van der Waals surface area contributed by atoms with Crippen molar-refractivity contribution in [3.8, 4) is 23.0 Å². The van der Waals surface area contributed by atoms with Crippen LogP contribution in [0, 0.1) is 11.8 Å². The van der Waals surface area contributed by atoms with Gasteiger partial charge in [0.2, 0.25) is 12.7 Å². The predicted octanol–water partition coefficient (Wildman–Crippen LogP) is 7.08. The zero-order chi connectivity index (χ0) is 31.9. The lowest BCUT2D eigenvalue weighted by Gasteiger charge is -2.47. The molecule has 0 unspecified atom stereocenters. The summed E-state index contributed by atoms with van der Waals surface area (Å²) in [5.74, 6) is 0.931. The fraction of sp³-hybridized carbons (Fsp3) is 0.588. The summed E-state index contributed by atoms with van der Waals surface area (Å²) in [6.45, 7) is 16.7. The highest BCUT2D eigenvalue weighted by molar-refractivity contribution is 6.77. The zero-order valence-corrected chi connectivity index (χ0v) is 28.5. The van der Waals surface area contributed by atoms with Crippen LogP contribution >= 0.6 is 0 Å². The van der Waals surface area contributed by atoms with Crippen LogP contribution in [0.25, 0.3) is 0 Å². The second-order valence-corrected chi connectivity index (χ2v) is 18.6. The lowest BCUT2D eigenvalue weighted by molar-refractivity contribution is -0.135. The summed E-state index contributed by atoms with van der Waals surface area (Å²) >= 11 is 0. The molecule has 1 aliphatic carbocycles. The van der Waals surface area contributed by atoms with Crippen LogP contribution in [0.2, 0.25) is 16.6 Å². The Bertz CT molecular complexity index is 1370. The third-order valence-electron chi connectivity index (χ3n) is 10.2. The number of rotatable bonds is 10. The second-order valence-electron chi connectivity index (χ2n) is 13.1. The van der Waals surface area contributed by atoms with Crippen molar-refractivity contribution >= 4 is 20.3 Å². The highest BCUT2D eigenvalue weighted by atomic mass is 28.4. The molecule has 0 aromatic heterocycles. The first-order valence-corrected chi connectivity index (χ1v) is 17.9. The molecule has 0 radical (unpaired) electrons. The van der Waals surface area contributed by atoms with Crippen molar-refractivity contribution in [2.24, 2.45) is 11.8 Å². The van der Waals surface area contributed by atoms with Crippen LogP contribution in [0.1, 0.15) is 77.0 Å². The topological polar surface area (TPSA) is 92.8 Å². The van der Waals surface area contributed by atoms with E-state index in [9.17, 15) is 9.59 Å². The van der Waals surface area contributed by atoms with E-state index in [4.69, 9.17) is 28.1 Å². The molecule has 2 amide bonds. The molecular formula is C34H47NO8Si. The molecule has 2 aliphatic heterocycles. The Morgan fingerprint density at radius 1 is 0.909 bits per heavy atom. The van der Waals surface area contributed by atoms with Crippen molar-refractivity contribution in [1.29, 1.82) is 0 Å². The summed E-state index contributed by atoms with van der Waals surface area (Å²) in [6.07, 6.45) is -0.597. The third kappa shape index (κ3) is 5.34. The van der Waals surface area contributed by atoms with Gasteiger partial charge in [0.1, 0.15) is 6.61 Å². The van der Waals surface area contributed by atoms with Gasteiger partial charge in [-0.3, -0.25) is 4.79 Å². The molecule has 240 valence electrons. The number of cyclic esters (lactones) is 1. The Balaban J connectivity index is 1.71. The van der Waals surface area contributed by atoms with Crippen molar-refractivity contribution in [2.45, 2.75) is 76.9 Å². The van der Waals surface area contributed by atoms with Crippen LogP contribution in [0.5, 0.6) is 23.0 Å². The standard InChI is InChI=1S/C34H47NO8Si/c1-19(2)44(20(3)4,21(5)6)43-17-26-22(7)24-15-29-30(42-18-41-29)16-25(24)31(23-10-11-27(38-8)28(14-23)39-9)32(26)33(36)35-12-13-40-34(35)37/h10-11,14-16,19-22,26,31-32H,12-13,17-18H2,1-9H3/t22-,26+,31+,32+/m0/s1. The van der Waals surface area contributed by atoms with Crippen LogP contribution in [-0.4, -0.2) is 66.0 Å². The first-order valence-electron chi connectivity index (χ1n) is 15.7. The van der Waals surface area contributed by atoms with Crippen molar-refractivity contribution in [3.63, 3.8) is 0 Å². The van der Waals surface area contributed by atoms with E-state index >= 15 is 0 Å². The molecule has 2 aromatic carbocycles. The second kappa shape index (κ2) is 12.6. The lowest BCUT2D eigenvalue weighted by Crippen LogP contribution is -2.52. The van der Waals surface area contributed by atoms with Gasteiger partial charge in [-0.05, 0) is 63.5 Å². The summed E-state index contributed by atoms with van der Waals surface area (Å²) in [5, 5.41) is 0. The summed E-state index contributed by atoms with van der Waals surface area (Å²) in [7, 11) is 0.916. The quantitative estimate of drug-likeness (QED) is 0.259. The van der Waals surface area contributed by atoms with Gasteiger partial charge in [-0.1, -0.05) is 54.5 Å². The van der Waals surface area contributed by atoms with Crippen molar-refractivity contribution < 1.29 is 37.7 Å². The monoisotopic (exact) mass is 625 g/mol. The fourth-order valence-corrected chi connectivity index (χ4v) is 13.6. The highest BCUT2D eigenvalue weighted by Crippen LogP contribution is 2.55. The molecule has 5 rings (SSSR count). The van der Waals surface area contributed by atoms with E-state index < -0.39 is 26.2 Å².